The second-order valence-corrected chi connectivity index (χ2v) is 5.54. The van der Waals surface area contributed by atoms with Crippen LogP contribution >= 0.6 is 11.3 Å². The molecule has 2 N–H and O–H groups in total. The van der Waals surface area contributed by atoms with Gasteiger partial charge in [-0.2, -0.15) is 0 Å². The van der Waals surface area contributed by atoms with Crippen molar-refractivity contribution in [3.05, 3.63) is 28.8 Å². The van der Waals surface area contributed by atoms with Crippen LogP contribution in [0.3, 0.4) is 0 Å². The number of ether oxygens (including phenoxy) is 2. The standard InChI is InChI=1S/C14H14N2O4S/c1-2-3-9-12(13(17)18)21-14(16-9)15-8-4-5-10-11(6-8)20-7-19-10/h4-6H,2-3,7H2,1H3,(H,15,16)(H,17,18). The van der Waals surface area contributed by atoms with E-state index in [1.54, 1.807) is 0 Å². The summed E-state index contributed by atoms with van der Waals surface area (Å²) >= 11 is 1.14. The lowest BCUT2D eigenvalue weighted by Gasteiger charge is -2.03. The van der Waals surface area contributed by atoms with E-state index in [-0.39, 0.29) is 6.79 Å². The Balaban J connectivity index is 1.84. The number of hydrogen-bond donors (Lipinski definition) is 2. The second-order valence-electron chi connectivity index (χ2n) is 4.54. The quantitative estimate of drug-likeness (QED) is 0.882. The number of fused-ring (bicyclic) bond motifs is 1. The fourth-order valence-corrected chi connectivity index (χ4v) is 2.95. The highest BCUT2D eigenvalue weighted by molar-refractivity contribution is 7.17. The molecule has 21 heavy (non-hydrogen) atoms. The van der Waals surface area contributed by atoms with Gasteiger partial charge in [0.05, 0.1) is 5.69 Å². The molecule has 1 aromatic carbocycles. The van der Waals surface area contributed by atoms with Crippen LogP contribution in [0.15, 0.2) is 18.2 Å². The molecule has 0 spiro atoms. The minimum Gasteiger partial charge on any atom is -0.477 e. The van der Waals surface area contributed by atoms with Crippen LogP contribution < -0.4 is 14.8 Å². The number of benzene rings is 1. The average Bonchev–Trinajstić information content (AvgIpc) is 3.05. The van der Waals surface area contributed by atoms with Gasteiger partial charge in [-0.25, -0.2) is 9.78 Å². The third kappa shape index (κ3) is 2.78. The van der Waals surface area contributed by atoms with Gasteiger partial charge in [0.2, 0.25) is 6.79 Å². The van der Waals surface area contributed by atoms with Crippen molar-refractivity contribution in [2.75, 3.05) is 12.1 Å². The monoisotopic (exact) mass is 306 g/mol. The maximum Gasteiger partial charge on any atom is 0.347 e. The molecule has 110 valence electrons. The molecule has 2 heterocycles. The number of nitrogens with zero attached hydrogens (tertiary/aromatic N) is 1. The van der Waals surface area contributed by atoms with Crippen LogP contribution in [-0.4, -0.2) is 22.9 Å². The van der Waals surface area contributed by atoms with Crippen LogP contribution in [0, 0.1) is 0 Å². The smallest absolute Gasteiger partial charge is 0.347 e. The Morgan fingerprint density at radius 3 is 3.00 bits per heavy atom. The Hall–Kier alpha value is -2.28. The first kappa shape index (κ1) is 13.7. The summed E-state index contributed by atoms with van der Waals surface area (Å²) in [4.78, 5) is 15.9. The fourth-order valence-electron chi connectivity index (χ4n) is 2.08. The first-order valence-corrected chi connectivity index (χ1v) is 7.38. The normalized spacial score (nSPS) is 12.4. The lowest BCUT2D eigenvalue weighted by Crippen LogP contribution is -1.98. The Labute approximate surface area is 125 Å². The predicted octanol–water partition coefficient (Wildman–Crippen LogP) is 3.27. The van der Waals surface area contributed by atoms with Gasteiger partial charge in [-0.15, -0.1) is 0 Å². The van der Waals surface area contributed by atoms with Crippen molar-refractivity contribution in [2.45, 2.75) is 19.8 Å². The molecule has 1 aliphatic heterocycles. The molecule has 0 radical (unpaired) electrons. The highest BCUT2D eigenvalue weighted by Gasteiger charge is 2.18. The number of aryl methyl sites for hydroxylation is 1. The van der Waals surface area contributed by atoms with E-state index in [4.69, 9.17) is 9.47 Å². The zero-order valence-electron chi connectivity index (χ0n) is 11.4. The third-order valence-corrected chi connectivity index (χ3v) is 4.00. The van der Waals surface area contributed by atoms with E-state index in [0.29, 0.717) is 33.6 Å². The number of thiazole rings is 1. The zero-order valence-corrected chi connectivity index (χ0v) is 12.2. The van der Waals surface area contributed by atoms with E-state index in [1.165, 1.54) is 0 Å². The topological polar surface area (TPSA) is 80.7 Å². The van der Waals surface area contributed by atoms with Crippen LogP contribution in [0.2, 0.25) is 0 Å². The van der Waals surface area contributed by atoms with Crippen molar-refractivity contribution in [2.24, 2.45) is 0 Å². The molecule has 6 nitrogen and oxygen atoms in total. The molecular formula is C14H14N2O4S. The maximum absolute atomic E-state index is 11.2. The van der Waals surface area contributed by atoms with Crippen molar-refractivity contribution in [3.63, 3.8) is 0 Å². The number of hydrogen-bond acceptors (Lipinski definition) is 6. The van der Waals surface area contributed by atoms with Gasteiger partial charge in [0.25, 0.3) is 0 Å². The number of aromatic carboxylic acids is 1. The summed E-state index contributed by atoms with van der Waals surface area (Å²) in [7, 11) is 0. The molecule has 0 saturated carbocycles. The molecule has 0 saturated heterocycles. The molecular weight excluding hydrogens is 292 g/mol. The summed E-state index contributed by atoms with van der Waals surface area (Å²) in [6.45, 7) is 2.22. The van der Waals surface area contributed by atoms with E-state index < -0.39 is 5.97 Å². The summed E-state index contributed by atoms with van der Waals surface area (Å²) < 4.78 is 10.6. The molecule has 2 aromatic rings. The molecule has 1 aliphatic rings. The Kier molecular flexibility index (Phi) is 3.66. The Morgan fingerprint density at radius 1 is 1.43 bits per heavy atom. The van der Waals surface area contributed by atoms with Crippen molar-refractivity contribution in [1.29, 1.82) is 0 Å². The largest absolute Gasteiger partial charge is 0.477 e. The summed E-state index contributed by atoms with van der Waals surface area (Å²) in [6.07, 6.45) is 1.51. The van der Waals surface area contributed by atoms with Crippen molar-refractivity contribution >= 4 is 28.1 Å². The van der Waals surface area contributed by atoms with Crippen molar-refractivity contribution in [3.8, 4) is 11.5 Å². The third-order valence-electron chi connectivity index (χ3n) is 3.00. The first-order chi connectivity index (χ1) is 10.2. The summed E-state index contributed by atoms with van der Waals surface area (Å²) in [6, 6.07) is 5.46. The fraction of sp³-hybridized carbons (Fsp3) is 0.286. The maximum atomic E-state index is 11.2. The molecule has 1 aromatic heterocycles. The zero-order chi connectivity index (χ0) is 14.8. The molecule has 0 bridgehead atoms. The minimum absolute atomic E-state index is 0.222. The van der Waals surface area contributed by atoms with Gasteiger partial charge in [-0.3, -0.25) is 0 Å². The van der Waals surface area contributed by atoms with Gasteiger partial charge in [0.1, 0.15) is 4.88 Å². The summed E-state index contributed by atoms with van der Waals surface area (Å²) in [5.74, 6) is 0.441. The number of carboxylic acid groups (broad SMARTS) is 1. The van der Waals surface area contributed by atoms with E-state index in [0.717, 1.165) is 23.4 Å². The average molecular weight is 306 g/mol. The van der Waals surface area contributed by atoms with Crippen molar-refractivity contribution < 1.29 is 19.4 Å². The number of aromatic nitrogens is 1. The van der Waals surface area contributed by atoms with E-state index >= 15 is 0 Å². The second kappa shape index (κ2) is 5.61. The Morgan fingerprint density at radius 2 is 2.24 bits per heavy atom. The number of carbonyl (C=O) groups is 1. The summed E-state index contributed by atoms with van der Waals surface area (Å²) in [5.41, 5.74) is 1.41. The van der Waals surface area contributed by atoms with E-state index in [9.17, 15) is 9.90 Å². The molecule has 3 rings (SSSR count). The van der Waals surface area contributed by atoms with Gasteiger partial charge in [0, 0.05) is 11.8 Å². The van der Waals surface area contributed by atoms with Gasteiger partial charge in [-0.1, -0.05) is 24.7 Å². The van der Waals surface area contributed by atoms with Crippen LogP contribution in [0.4, 0.5) is 10.8 Å². The Bertz CT molecular complexity index is 684. The van der Waals surface area contributed by atoms with E-state index in [2.05, 4.69) is 10.3 Å². The molecule has 0 aliphatic carbocycles. The molecule has 0 amide bonds. The lowest BCUT2D eigenvalue weighted by atomic mass is 10.2. The summed E-state index contributed by atoms with van der Waals surface area (Å²) in [5, 5.41) is 12.9. The minimum atomic E-state index is -0.935. The molecule has 7 heteroatoms. The van der Waals surface area contributed by atoms with Gasteiger partial charge < -0.3 is 19.9 Å². The number of carboxylic acids is 1. The van der Waals surface area contributed by atoms with Crippen LogP contribution in [0.1, 0.15) is 28.7 Å². The van der Waals surface area contributed by atoms with E-state index in [1.807, 2.05) is 25.1 Å². The highest BCUT2D eigenvalue weighted by Crippen LogP contribution is 2.36. The van der Waals surface area contributed by atoms with Gasteiger partial charge in [0.15, 0.2) is 16.6 Å². The predicted molar refractivity (Wildman–Crippen MR) is 78.9 cm³/mol. The SMILES string of the molecule is CCCc1nc(Nc2ccc3c(c2)OCO3)sc1C(=O)O. The molecule has 0 unspecified atom stereocenters. The first-order valence-electron chi connectivity index (χ1n) is 6.57. The van der Waals surface area contributed by atoms with Crippen molar-refractivity contribution in [1.82, 2.24) is 4.98 Å². The highest BCUT2D eigenvalue weighted by atomic mass is 32.1. The van der Waals surface area contributed by atoms with Crippen LogP contribution in [0.25, 0.3) is 0 Å². The van der Waals surface area contributed by atoms with Crippen LogP contribution in [0.5, 0.6) is 11.5 Å². The lowest BCUT2D eigenvalue weighted by molar-refractivity contribution is 0.0700. The number of nitrogens with one attached hydrogen (secondary N) is 1. The molecule has 0 fully saturated rings. The number of anilines is 2. The number of rotatable bonds is 5. The molecule has 0 atom stereocenters. The van der Waals surface area contributed by atoms with Gasteiger partial charge >= 0.3 is 5.97 Å². The van der Waals surface area contributed by atoms with Gasteiger partial charge in [-0.05, 0) is 18.6 Å². The van der Waals surface area contributed by atoms with Crippen LogP contribution in [-0.2, 0) is 6.42 Å².